The fraction of sp³-hybridized carbons (Fsp3) is 0.500. The van der Waals surface area contributed by atoms with Crippen LogP contribution in [-0.4, -0.2) is 16.7 Å². The van der Waals surface area contributed by atoms with Gasteiger partial charge in [-0.15, -0.1) is 0 Å². The average Bonchev–Trinajstić information content (AvgIpc) is 1.87. The van der Waals surface area contributed by atoms with Gasteiger partial charge in [-0.05, 0) is 0 Å². The van der Waals surface area contributed by atoms with Gasteiger partial charge in [0, 0.05) is 18.9 Å². The number of Topliss-reactive ketones (excluding diaryl/α,β-unsaturated/α-hetero) is 1. The lowest BCUT2D eigenvalue weighted by Crippen LogP contribution is -2.07. The van der Waals surface area contributed by atoms with Crippen molar-refractivity contribution in [2.24, 2.45) is 5.92 Å². The summed E-state index contributed by atoms with van der Waals surface area (Å²) >= 11 is 0. The van der Waals surface area contributed by atoms with Crippen LogP contribution in [0.4, 0.5) is 0 Å². The molecular formula is C8H12O3. The molecule has 0 unspecified atom stereocenters. The van der Waals surface area contributed by atoms with E-state index in [-0.39, 0.29) is 11.7 Å². The Morgan fingerprint density at radius 2 is 1.82 bits per heavy atom. The van der Waals surface area contributed by atoms with E-state index >= 15 is 0 Å². The predicted octanol–water partition coefficient (Wildman–Crippen LogP) is 1.24. The fourth-order valence-electron chi connectivity index (χ4n) is 0.403. The van der Waals surface area contributed by atoms with Crippen LogP contribution in [0.15, 0.2) is 11.8 Å². The molecule has 0 aliphatic rings. The molecule has 3 heteroatoms. The summed E-state index contributed by atoms with van der Waals surface area (Å²) in [5.74, 6) is -1.38. The molecule has 0 saturated carbocycles. The topological polar surface area (TPSA) is 54.4 Å². The van der Waals surface area contributed by atoms with E-state index in [0.29, 0.717) is 0 Å². The molecule has 11 heavy (non-hydrogen) atoms. The van der Waals surface area contributed by atoms with Crippen LogP contribution in [0.3, 0.4) is 0 Å². The quantitative estimate of drug-likeness (QED) is 0.380. The number of ketones is 2. The molecule has 0 bridgehead atoms. The molecule has 0 fully saturated rings. The van der Waals surface area contributed by atoms with Gasteiger partial charge in [0.2, 0.25) is 5.78 Å². The van der Waals surface area contributed by atoms with Crippen molar-refractivity contribution >= 4 is 11.6 Å². The van der Waals surface area contributed by atoms with Gasteiger partial charge in [-0.25, -0.2) is 0 Å². The van der Waals surface area contributed by atoms with Gasteiger partial charge >= 0.3 is 0 Å². The minimum Gasteiger partial charge on any atom is -0.512 e. The Hall–Kier alpha value is -1.12. The van der Waals surface area contributed by atoms with Crippen LogP contribution < -0.4 is 0 Å². The first-order chi connectivity index (χ1) is 4.95. The maximum absolute atomic E-state index is 10.7. The molecule has 0 spiro atoms. The third-order valence-electron chi connectivity index (χ3n) is 1.22. The first kappa shape index (κ1) is 9.88. The van der Waals surface area contributed by atoms with Crippen molar-refractivity contribution in [3.05, 3.63) is 11.8 Å². The number of allylic oxidation sites excluding steroid dienone is 2. The monoisotopic (exact) mass is 156 g/mol. The van der Waals surface area contributed by atoms with Crippen LogP contribution in [0, 0.1) is 5.92 Å². The summed E-state index contributed by atoms with van der Waals surface area (Å²) in [6.07, 6.45) is 0.965. The summed E-state index contributed by atoms with van der Waals surface area (Å²) in [7, 11) is 0. The summed E-state index contributed by atoms with van der Waals surface area (Å²) in [5, 5.41) is 9.03. The van der Waals surface area contributed by atoms with Crippen molar-refractivity contribution in [2.45, 2.75) is 20.8 Å². The lowest BCUT2D eigenvalue weighted by atomic mass is 10.1. The van der Waals surface area contributed by atoms with Gasteiger partial charge in [-0.2, -0.15) is 0 Å². The second kappa shape index (κ2) is 3.91. The number of rotatable bonds is 3. The Morgan fingerprint density at radius 1 is 1.36 bits per heavy atom. The summed E-state index contributed by atoms with van der Waals surface area (Å²) in [6, 6.07) is 0. The molecule has 0 aliphatic carbocycles. The summed E-state index contributed by atoms with van der Waals surface area (Å²) in [6.45, 7) is 4.64. The van der Waals surface area contributed by atoms with Crippen molar-refractivity contribution in [2.75, 3.05) is 0 Å². The van der Waals surface area contributed by atoms with Gasteiger partial charge in [-0.3, -0.25) is 9.59 Å². The van der Waals surface area contributed by atoms with Gasteiger partial charge in [0.25, 0.3) is 0 Å². The average molecular weight is 156 g/mol. The molecule has 0 rings (SSSR count). The molecule has 0 heterocycles. The molecule has 0 saturated heterocycles. The first-order valence-corrected chi connectivity index (χ1v) is 3.40. The molecule has 3 nitrogen and oxygen atoms in total. The van der Waals surface area contributed by atoms with E-state index in [9.17, 15) is 9.59 Å². The van der Waals surface area contributed by atoms with E-state index in [4.69, 9.17) is 5.11 Å². The number of carbonyl (C=O) groups is 2. The zero-order chi connectivity index (χ0) is 9.02. The van der Waals surface area contributed by atoms with Crippen LogP contribution in [0.5, 0.6) is 0 Å². The second-order valence-electron chi connectivity index (χ2n) is 2.64. The molecule has 0 aromatic carbocycles. The molecule has 0 atom stereocenters. The van der Waals surface area contributed by atoms with E-state index < -0.39 is 11.6 Å². The predicted molar refractivity (Wildman–Crippen MR) is 41.2 cm³/mol. The normalized spacial score (nSPS) is 11.8. The summed E-state index contributed by atoms with van der Waals surface area (Å²) < 4.78 is 0. The SMILES string of the molecule is CC(=O)C(=O)/C=C(\O)C(C)C. The van der Waals surface area contributed by atoms with E-state index in [0.717, 1.165) is 6.08 Å². The highest BCUT2D eigenvalue weighted by Gasteiger charge is 2.07. The van der Waals surface area contributed by atoms with Crippen LogP contribution >= 0.6 is 0 Å². The largest absolute Gasteiger partial charge is 0.512 e. The lowest BCUT2D eigenvalue weighted by Gasteiger charge is -2.00. The molecule has 1 N–H and O–H groups in total. The Morgan fingerprint density at radius 3 is 2.09 bits per heavy atom. The van der Waals surface area contributed by atoms with Gasteiger partial charge in [0.05, 0.1) is 5.76 Å². The van der Waals surface area contributed by atoms with Crippen molar-refractivity contribution in [1.29, 1.82) is 0 Å². The highest BCUT2D eigenvalue weighted by molar-refractivity contribution is 6.40. The van der Waals surface area contributed by atoms with Gasteiger partial charge in [0.15, 0.2) is 5.78 Å². The number of hydrogen-bond donors (Lipinski definition) is 1. The number of carbonyl (C=O) groups excluding carboxylic acids is 2. The minimum absolute atomic E-state index is 0.0507. The smallest absolute Gasteiger partial charge is 0.224 e. The van der Waals surface area contributed by atoms with E-state index in [1.54, 1.807) is 13.8 Å². The van der Waals surface area contributed by atoms with Crippen LogP contribution in [0.1, 0.15) is 20.8 Å². The second-order valence-corrected chi connectivity index (χ2v) is 2.64. The molecule has 0 aromatic heterocycles. The maximum Gasteiger partial charge on any atom is 0.224 e. The third kappa shape index (κ3) is 3.55. The molecule has 62 valence electrons. The van der Waals surface area contributed by atoms with Crippen LogP contribution in [-0.2, 0) is 9.59 Å². The van der Waals surface area contributed by atoms with Gasteiger partial charge in [0.1, 0.15) is 0 Å². The Kier molecular flexibility index (Phi) is 3.51. The number of aliphatic hydroxyl groups excluding tert-OH is 1. The van der Waals surface area contributed by atoms with Crippen molar-refractivity contribution in [3.8, 4) is 0 Å². The Bertz CT molecular complexity index is 201. The standard InChI is InChI=1S/C8H12O3/c1-5(2)7(10)4-8(11)6(3)9/h4-5,10H,1-3H3/b7-4-. The lowest BCUT2D eigenvalue weighted by molar-refractivity contribution is -0.132. The van der Waals surface area contributed by atoms with Gasteiger partial charge in [-0.1, -0.05) is 13.8 Å². The Balaban J connectivity index is 4.32. The zero-order valence-corrected chi connectivity index (χ0v) is 6.92. The zero-order valence-electron chi connectivity index (χ0n) is 6.92. The van der Waals surface area contributed by atoms with Crippen LogP contribution in [0.2, 0.25) is 0 Å². The molecule has 0 aromatic rings. The van der Waals surface area contributed by atoms with E-state index in [1.807, 2.05) is 0 Å². The highest BCUT2D eigenvalue weighted by Crippen LogP contribution is 2.04. The fourth-order valence-corrected chi connectivity index (χ4v) is 0.403. The molecule has 0 radical (unpaired) electrons. The first-order valence-electron chi connectivity index (χ1n) is 3.40. The maximum atomic E-state index is 10.7. The molecule has 0 amide bonds. The molecular weight excluding hydrogens is 144 g/mol. The van der Waals surface area contributed by atoms with Crippen LogP contribution in [0.25, 0.3) is 0 Å². The van der Waals surface area contributed by atoms with Gasteiger partial charge < -0.3 is 5.11 Å². The van der Waals surface area contributed by atoms with Crippen molar-refractivity contribution in [1.82, 2.24) is 0 Å². The van der Waals surface area contributed by atoms with E-state index in [2.05, 4.69) is 0 Å². The summed E-state index contributed by atoms with van der Waals surface area (Å²) in [5.41, 5.74) is 0. The highest BCUT2D eigenvalue weighted by atomic mass is 16.3. The van der Waals surface area contributed by atoms with Crippen molar-refractivity contribution in [3.63, 3.8) is 0 Å². The molecule has 0 aliphatic heterocycles. The Labute approximate surface area is 65.7 Å². The summed E-state index contributed by atoms with van der Waals surface area (Å²) in [4.78, 5) is 21.1. The third-order valence-corrected chi connectivity index (χ3v) is 1.22. The van der Waals surface area contributed by atoms with Crippen molar-refractivity contribution < 1.29 is 14.7 Å². The number of hydrogen-bond acceptors (Lipinski definition) is 3. The number of aliphatic hydroxyl groups is 1. The van der Waals surface area contributed by atoms with E-state index in [1.165, 1.54) is 6.92 Å². The minimum atomic E-state index is -0.656.